The smallest absolute Gasteiger partial charge is 0.239 e. The molecule has 0 radical (unpaired) electrons. The second kappa shape index (κ2) is 5.55. The monoisotopic (exact) mass is 262 g/mol. The number of nitrogens with one attached hydrogen (secondary N) is 2. The maximum Gasteiger partial charge on any atom is 0.239 e. The lowest BCUT2D eigenvalue weighted by atomic mass is 10.1. The third kappa shape index (κ3) is 3.57. The second-order valence-corrected chi connectivity index (χ2v) is 5.64. The van der Waals surface area contributed by atoms with Crippen molar-refractivity contribution in [3.05, 3.63) is 0 Å². The van der Waals surface area contributed by atoms with E-state index in [2.05, 4.69) is 24.5 Å². The molecule has 5 heteroatoms. The maximum atomic E-state index is 11.9. The summed E-state index contributed by atoms with van der Waals surface area (Å²) in [6.45, 7) is 8.69. The number of ether oxygens (including phenoxy) is 1. The molecule has 0 aromatic heterocycles. The predicted molar refractivity (Wildman–Crippen MR) is 69.4 cm³/mol. The summed E-state index contributed by atoms with van der Waals surface area (Å²) in [6, 6.07) is -0.185. The minimum absolute atomic E-state index is 0. The molecule has 1 amide bonds. The Morgan fingerprint density at radius 1 is 1.53 bits per heavy atom. The zero-order chi connectivity index (χ0) is 11.8. The minimum atomic E-state index is -0.185. The van der Waals surface area contributed by atoms with Gasteiger partial charge >= 0.3 is 0 Å². The van der Waals surface area contributed by atoms with Crippen LogP contribution in [0.15, 0.2) is 0 Å². The summed E-state index contributed by atoms with van der Waals surface area (Å²) in [4.78, 5) is 11.9. The Morgan fingerprint density at radius 2 is 2.18 bits per heavy atom. The van der Waals surface area contributed by atoms with Gasteiger partial charge in [0.1, 0.15) is 6.04 Å². The van der Waals surface area contributed by atoms with Crippen LogP contribution in [0.1, 0.15) is 27.2 Å². The van der Waals surface area contributed by atoms with E-state index < -0.39 is 0 Å². The summed E-state index contributed by atoms with van der Waals surface area (Å²) in [6.07, 6.45) is 1.19. The average molecular weight is 263 g/mol. The third-order valence-electron chi connectivity index (χ3n) is 3.84. The molecule has 4 nitrogen and oxygen atoms in total. The van der Waals surface area contributed by atoms with Gasteiger partial charge in [0.15, 0.2) is 0 Å². The molecule has 17 heavy (non-hydrogen) atoms. The number of carbonyl (C=O) groups is 1. The molecule has 0 spiro atoms. The van der Waals surface area contributed by atoms with E-state index in [-0.39, 0.29) is 30.5 Å². The molecule has 1 aliphatic carbocycles. The molecule has 1 saturated carbocycles. The second-order valence-electron chi connectivity index (χ2n) is 5.64. The van der Waals surface area contributed by atoms with Crippen LogP contribution in [0, 0.1) is 11.3 Å². The topological polar surface area (TPSA) is 50.4 Å². The summed E-state index contributed by atoms with van der Waals surface area (Å²) < 4.78 is 5.45. The normalized spacial score (nSPS) is 34.6. The van der Waals surface area contributed by atoms with Crippen LogP contribution < -0.4 is 10.6 Å². The standard InChI is InChI=1S/C12H22N2O2.ClH/c1-8-10(13-4-5-16-8)11(15)14-7-9-6-12(9,2)3;/h8-10,13H,4-7H2,1-3H3,(H,14,15);1H/t8-,9?,10+;/m1./s1. The Kier molecular flexibility index (Phi) is 4.81. The molecule has 100 valence electrons. The third-order valence-corrected chi connectivity index (χ3v) is 3.84. The van der Waals surface area contributed by atoms with Crippen molar-refractivity contribution in [3.8, 4) is 0 Å². The van der Waals surface area contributed by atoms with Crippen molar-refractivity contribution in [2.24, 2.45) is 11.3 Å². The Balaban J connectivity index is 0.00000144. The van der Waals surface area contributed by atoms with Gasteiger partial charge in [-0.25, -0.2) is 0 Å². The first-order valence-electron chi connectivity index (χ1n) is 6.13. The highest BCUT2D eigenvalue weighted by Crippen LogP contribution is 2.50. The molecule has 1 saturated heterocycles. The van der Waals surface area contributed by atoms with Crippen LogP contribution in [-0.2, 0) is 9.53 Å². The van der Waals surface area contributed by atoms with Crippen LogP contribution in [0.2, 0.25) is 0 Å². The summed E-state index contributed by atoms with van der Waals surface area (Å²) >= 11 is 0. The van der Waals surface area contributed by atoms with Gasteiger partial charge in [-0.3, -0.25) is 4.79 Å². The Hall–Kier alpha value is -0.320. The van der Waals surface area contributed by atoms with E-state index in [1.807, 2.05) is 6.92 Å². The minimum Gasteiger partial charge on any atom is -0.375 e. The number of halogens is 1. The summed E-state index contributed by atoms with van der Waals surface area (Å²) in [5.74, 6) is 0.728. The quantitative estimate of drug-likeness (QED) is 0.796. The van der Waals surface area contributed by atoms with Crippen LogP contribution in [0.25, 0.3) is 0 Å². The van der Waals surface area contributed by atoms with Gasteiger partial charge in [0.25, 0.3) is 0 Å². The largest absolute Gasteiger partial charge is 0.375 e. The first kappa shape index (κ1) is 14.7. The van der Waals surface area contributed by atoms with Gasteiger partial charge < -0.3 is 15.4 Å². The van der Waals surface area contributed by atoms with E-state index in [4.69, 9.17) is 4.74 Å². The lowest BCUT2D eigenvalue weighted by molar-refractivity contribution is -0.129. The highest BCUT2D eigenvalue weighted by molar-refractivity contribution is 5.85. The van der Waals surface area contributed by atoms with E-state index in [1.165, 1.54) is 6.42 Å². The number of rotatable bonds is 3. The fraction of sp³-hybridized carbons (Fsp3) is 0.917. The molecular formula is C12H23ClN2O2. The molecule has 0 aromatic rings. The van der Waals surface area contributed by atoms with Gasteiger partial charge in [0.2, 0.25) is 5.91 Å². The number of amides is 1. The van der Waals surface area contributed by atoms with Crippen molar-refractivity contribution in [1.29, 1.82) is 0 Å². The Labute approximate surface area is 109 Å². The van der Waals surface area contributed by atoms with Crippen molar-refractivity contribution in [2.75, 3.05) is 19.7 Å². The maximum absolute atomic E-state index is 11.9. The highest BCUT2D eigenvalue weighted by atomic mass is 35.5. The van der Waals surface area contributed by atoms with Gasteiger partial charge in [-0.1, -0.05) is 13.8 Å². The molecule has 1 heterocycles. The fourth-order valence-electron chi connectivity index (χ4n) is 2.29. The number of hydrogen-bond acceptors (Lipinski definition) is 3. The van der Waals surface area contributed by atoms with Crippen molar-refractivity contribution >= 4 is 18.3 Å². The Morgan fingerprint density at radius 3 is 2.71 bits per heavy atom. The lowest BCUT2D eigenvalue weighted by Gasteiger charge is -2.29. The Bertz CT molecular complexity index is 284. The van der Waals surface area contributed by atoms with Gasteiger partial charge in [-0.05, 0) is 24.7 Å². The van der Waals surface area contributed by atoms with E-state index in [0.717, 1.165) is 13.1 Å². The van der Waals surface area contributed by atoms with Gasteiger partial charge in [-0.15, -0.1) is 12.4 Å². The van der Waals surface area contributed by atoms with E-state index >= 15 is 0 Å². The fourth-order valence-corrected chi connectivity index (χ4v) is 2.29. The van der Waals surface area contributed by atoms with Crippen LogP contribution in [0.5, 0.6) is 0 Å². The number of carbonyl (C=O) groups excluding carboxylic acids is 1. The molecular weight excluding hydrogens is 240 g/mol. The summed E-state index contributed by atoms with van der Waals surface area (Å²) in [5, 5.41) is 6.22. The van der Waals surface area contributed by atoms with Crippen LogP contribution in [0.4, 0.5) is 0 Å². The van der Waals surface area contributed by atoms with E-state index in [0.29, 0.717) is 17.9 Å². The molecule has 0 aromatic carbocycles. The van der Waals surface area contributed by atoms with Gasteiger partial charge in [0.05, 0.1) is 12.7 Å². The molecule has 2 aliphatic rings. The molecule has 2 N–H and O–H groups in total. The zero-order valence-corrected chi connectivity index (χ0v) is 11.6. The van der Waals surface area contributed by atoms with Crippen molar-refractivity contribution in [2.45, 2.75) is 39.3 Å². The van der Waals surface area contributed by atoms with Crippen LogP contribution in [0.3, 0.4) is 0 Å². The molecule has 0 bridgehead atoms. The predicted octanol–water partition coefficient (Wildman–Crippen LogP) is 0.947. The van der Waals surface area contributed by atoms with Crippen LogP contribution >= 0.6 is 12.4 Å². The van der Waals surface area contributed by atoms with Gasteiger partial charge in [-0.2, -0.15) is 0 Å². The van der Waals surface area contributed by atoms with Crippen LogP contribution in [-0.4, -0.2) is 37.7 Å². The highest BCUT2D eigenvalue weighted by Gasteiger charge is 2.45. The molecule has 1 unspecified atom stereocenters. The van der Waals surface area contributed by atoms with Crippen molar-refractivity contribution in [3.63, 3.8) is 0 Å². The summed E-state index contributed by atoms with van der Waals surface area (Å²) in [5.41, 5.74) is 0.426. The van der Waals surface area contributed by atoms with E-state index in [9.17, 15) is 4.79 Å². The molecule has 3 atom stereocenters. The molecule has 1 aliphatic heterocycles. The van der Waals surface area contributed by atoms with Gasteiger partial charge in [0, 0.05) is 13.1 Å². The summed E-state index contributed by atoms with van der Waals surface area (Å²) in [7, 11) is 0. The SMILES string of the molecule is C[C@H]1OCCN[C@@H]1C(=O)NCC1CC1(C)C.Cl. The van der Waals surface area contributed by atoms with Crippen molar-refractivity contribution in [1.82, 2.24) is 10.6 Å². The average Bonchev–Trinajstić information content (AvgIpc) is 2.84. The van der Waals surface area contributed by atoms with E-state index in [1.54, 1.807) is 0 Å². The number of hydrogen-bond donors (Lipinski definition) is 2. The molecule has 2 rings (SSSR count). The first-order chi connectivity index (χ1) is 7.50. The molecule has 2 fully saturated rings. The van der Waals surface area contributed by atoms with Crippen molar-refractivity contribution < 1.29 is 9.53 Å². The zero-order valence-electron chi connectivity index (χ0n) is 10.8. The lowest BCUT2D eigenvalue weighted by Crippen LogP contribution is -2.55. The number of morpholine rings is 1. The first-order valence-corrected chi connectivity index (χ1v) is 6.13.